The largest absolute Gasteiger partial charge is 0.357 e. The van der Waals surface area contributed by atoms with E-state index in [0.29, 0.717) is 5.92 Å². The number of hydrogen-bond donors (Lipinski definition) is 1. The maximum Gasteiger partial charge on any atom is 0.226 e. The van der Waals surface area contributed by atoms with E-state index in [1.54, 1.807) is 0 Å². The van der Waals surface area contributed by atoms with Crippen molar-refractivity contribution in [2.24, 2.45) is 10.9 Å². The van der Waals surface area contributed by atoms with Gasteiger partial charge in [-0.15, -0.1) is 0 Å². The summed E-state index contributed by atoms with van der Waals surface area (Å²) in [6.45, 7) is 10.1. The Morgan fingerprint density at radius 2 is 2.00 bits per heavy atom. The number of benzene rings is 1. The van der Waals surface area contributed by atoms with E-state index in [2.05, 4.69) is 71.5 Å². The molecule has 1 fully saturated rings. The zero-order valence-electron chi connectivity index (χ0n) is 18.1. The average Bonchev–Trinajstić information content (AvgIpc) is 3.21. The minimum Gasteiger partial charge on any atom is -0.357 e. The molecular formula is C23H35N5O. The van der Waals surface area contributed by atoms with Crippen molar-refractivity contribution in [3.8, 4) is 0 Å². The van der Waals surface area contributed by atoms with Gasteiger partial charge in [0.1, 0.15) is 0 Å². The van der Waals surface area contributed by atoms with E-state index in [9.17, 15) is 0 Å². The molecule has 6 nitrogen and oxygen atoms in total. The normalized spacial score (nSPS) is 15.9. The summed E-state index contributed by atoms with van der Waals surface area (Å²) in [6.07, 6.45) is 5.32. The highest BCUT2D eigenvalue weighted by molar-refractivity contribution is 5.80. The zero-order valence-corrected chi connectivity index (χ0v) is 18.1. The Labute approximate surface area is 174 Å². The molecule has 2 heterocycles. The molecule has 1 aromatic carbocycles. The van der Waals surface area contributed by atoms with Crippen LogP contribution < -0.4 is 5.32 Å². The van der Waals surface area contributed by atoms with Crippen LogP contribution in [0.1, 0.15) is 63.2 Å². The van der Waals surface area contributed by atoms with Crippen LogP contribution in [-0.2, 0) is 12.8 Å². The Bertz CT molecular complexity index is 748. The Hall–Kier alpha value is -2.37. The second kappa shape index (κ2) is 11.0. The van der Waals surface area contributed by atoms with Gasteiger partial charge in [0, 0.05) is 38.5 Å². The van der Waals surface area contributed by atoms with Crippen molar-refractivity contribution in [1.29, 1.82) is 0 Å². The lowest BCUT2D eigenvalue weighted by Crippen LogP contribution is -2.46. The number of nitrogens with one attached hydrogen (secondary N) is 1. The molecule has 0 bridgehead atoms. The Kier molecular flexibility index (Phi) is 8.08. The molecule has 6 heteroatoms. The Morgan fingerprint density at radius 3 is 2.66 bits per heavy atom. The lowest BCUT2D eigenvalue weighted by atomic mass is 9.90. The fourth-order valence-corrected chi connectivity index (χ4v) is 3.74. The van der Waals surface area contributed by atoms with Gasteiger partial charge in [0.25, 0.3) is 0 Å². The van der Waals surface area contributed by atoms with Gasteiger partial charge < -0.3 is 14.7 Å². The summed E-state index contributed by atoms with van der Waals surface area (Å²) in [5, 5.41) is 7.49. The third-order valence-electron chi connectivity index (χ3n) is 5.43. The van der Waals surface area contributed by atoms with Crippen molar-refractivity contribution in [1.82, 2.24) is 20.4 Å². The van der Waals surface area contributed by atoms with Gasteiger partial charge in [0.15, 0.2) is 11.8 Å². The molecule has 1 aliphatic rings. The first-order valence-corrected chi connectivity index (χ1v) is 11.0. The fourth-order valence-electron chi connectivity index (χ4n) is 3.74. The summed E-state index contributed by atoms with van der Waals surface area (Å²) < 4.78 is 5.32. The van der Waals surface area contributed by atoms with Crippen molar-refractivity contribution >= 4 is 5.96 Å². The highest BCUT2D eigenvalue weighted by Gasteiger charge is 2.21. The van der Waals surface area contributed by atoms with Crippen molar-refractivity contribution < 1.29 is 4.52 Å². The first-order valence-electron chi connectivity index (χ1n) is 11.0. The number of rotatable bonds is 8. The Morgan fingerprint density at radius 1 is 1.24 bits per heavy atom. The monoisotopic (exact) mass is 397 g/mol. The van der Waals surface area contributed by atoms with Crippen molar-refractivity contribution in [2.75, 3.05) is 26.2 Å². The summed E-state index contributed by atoms with van der Waals surface area (Å²) in [6, 6.07) is 10.8. The third kappa shape index (κ3) is 6.58. The first kappa shape index (κ1) is 21.3. The van der Waals surface area contributed by atoms with Crippen LogP contribution in [-0.4, -0.2) is 47.2 Å². The molecule has 1 aliphatic heterocycles. The van der Waals surface area contributed by atoms with Crippen LogP contribution in [0.2, 0.25) is 0 Å². The summed E-state index contributed by atoms with van der Waals surface area (Å²) in [5.74, 6) is 3.62. The van der Waals surface area contributed by atoms with Crippen LogP contribution in [0.3, 0.4) is 0 Å². The van der Waals surface area contributed by atoms with Crippen LogP contribution in [0.4, 0.5) is 0 Å². The molecule has 1 N–H and O–H groups in total. The molecular weight excluding hydrogens is 362 g/mol. The van der Waals surface area contributed by atoms with Gasteiger partial charge in [-0.3, -0.25) is 4.99 Å². The molecule has 0 aliphatic carbocycles. The van der Waals surface area contributed by atoms with Crippen LogP contribution in [0.5, 0.6) is 0 Å². The maximum atomic E-state index is 5.32. The molecule has 29 heavy (non-hydrogen) atoms. The number of aromatic nitrogens is 2. The molecule has 1 aromatic heterocycles. The van der Waals surface area contributed by atoms with Crippen LogP contribution in [0, 0.1) is 5.92 Å². The quantitative estimate of drug-likeness (QED) is 0.414. The minimum atomic E-state index is 0.302. The smallest absolute Gasteiger partial charge is 0.226 e. The number of nitrogens with zero attached hydrogens (tertiary/aromatic N) is 4. The first-order chi connectivity index (χ1) is 14.2. The van der Waals surface area contributed by atoms with E-state index in [0.717, 1.165) is 62.6 Å². The molecule has 0 spiro atoms. The van der Waals surface area contributed by atoms with Crippen LogP contribution in [0.25, 0.3) is 0 Å². The zero-order chi connectivity index (χ0) is 20.5. The Balaban J connectivity index is 1.45. The standard InChI is InChI=1S/C23H35N5O/c1-4-24-23(25-14-8-11-21-26-22(18(2)3)27-29-21)28-15-12-20(13-16-28)17-19-9-6-5-7-10-19/h5-7,9-10,18,20H,4,8,11-17H2,1-3H3,(H,24,25). The predicted molar refractivity (Wildman–Crippen MR) is 117 cm³/mol. The number of aliphatic imine (C=N–C) groups is 1. The molecule has 158 valence electrons. The van der Waals surface area contributed by atoms with Crippen LogP contribution in [0.15, 0.2) is 39.8 Å². The summed E-state index contributed by atoms with van der Waals surface area (Å²) in [7, 11) is 0. The molecule has 0 unspecified atom stereocenters. The number of hydrogen-bond acceptors (Lipinski definition) is 4. The number of guanidine groups is 1. The second-order valence-electron chi connectivity index (χ2n) is 8.16. The molecule has 0 amide bonds. The van der Waals surface area contributed by atoms with E-state index in [4.69, 9.17) is 9.52 Å². The molecule has 1 saturated heterocycles. The average molecular weight is 398 g/mol. The van der Waals surface area contributed by atoms with Gasteiger partial charge in [0.05, 0.1) is 0 Å². The molecule has 0 saturated carbocycles. The molecule has 0 radical (unpaired) electrons. The van der Waals surface area contributed by atoms with Gasteiger partial charge in [0.2, 0.25) is 5.89 Å². The maximum absolute atomic E-state index is 5.32. The van der Waals surface area contributed by atoms with Crippen molar-refractivity contribution in [3.63, 3.8) is 0 Å². The predicted octanol–water partition coefficient (Wildman–Crippen LogP) is 4.05. The number of piperidine rings is 1. The highest BCUT2D eigenvalue weighted by Crippen LogP contribution is 2.21. The highest BCUT2D eigenvalue weighted by atomic mass is 16.5. The fraction of sp³-hybridized carbons (Fsp3) is 0.609. The lowest BCUT2D eigenvalue weighted by molar-refractivity contribution is 0.259. The van der Waals surface area contributed by atoms with Gasteiger partial charge in [-0.05, 0) is 44.1 Å². The van der Waals surface area contributed by atoms with E-state index in [1.165, 1.54) is 24.8 Å². The van der Waals surface area contributed by atoms with Crippen molar-refractivity contribution in [2.45, 2.75) is 58.8 Å². The van der Waals surface area contributed by atoms with E-state index >= 15 is 0 Å². The molecule has 3 rings (SSSR count). The summed E-state index contributed by atoms with van der Waals surface area (Å²) in [4.78, 5) is 11.7. The summed E-state index contributed by atoms with van der Waals surface area (Å²) >= 11 is 0. The molecule has 0 atom stereocenters. The van der Waals surface area contributed by atoms with Gasteiger partial charge in [-0.1, -0.05) is 49.3 Å². The summed E-state index contributed by atoms with van der Waals surface area (Å²) in [5.41, 5.74) is 1.45. The SMILES string of the molecule is CCNC(=NCCCc1nc(C(C)C)no1)N1CCC(Cc2ccccc2)CC1. The van der Waals surface area contributed by atoms with E-state index in [-0.39, 0.29) is 0 Å². The van der Waals surface area contributed by atoms with Gasteiger partial charge in [-0.25, -0.2) is 0 Å². The van der Waals surface area contributed by atoms with E-state index < -0.39 is 0 Å². The van der Waals surface area contributed by atoms with E-state index in [1.807, 2.05) is 0 Å². The number of aryl methyl sites for hydroxylation is 1. The van der Waals surface area contributed by atoms with Crippen LogP contribution >= 0.6 is 0 Å². The van der Waals surface area contributed by atoms with Gasteiger partial charge >= 0.3 is 0 Å². The molecule has 2 aromatic rings. The minimum absolute atomic E-state index is 0.302. The lowest BCUT2D eigenvalue weighted by Gasteiger charge is -2.34. The van der Waals surface area contributed by atoms with Gasteiger partial charge in [-0.2, -0.15) is 4.98 Å². The van der Waals surface area contributed by atoms with Crippen molar-refractivity contribution in [3.05, 3.63) is 47.6 Å². The number of likely N-dealkylation sites (tertiary alicyclic amines) is 1. The second-order valence-corrected chi connectivity index (χ2v) is 8.16. The third-order valence-corrected chi connectivity index (χ3v) is 5.43. The topological polar surface area (TPSA) is 66.5 Å².